The monoisotopic (exact) mass is 314 g/mol. The Kier molecular flexibility index (Phi) is 3.01. The van der Waals surface area contributed by atoms with E-state index in [1.807, 2.05) is 0 Å². The smallest absolute Gasteiger partial charge is 0.247 e. The molecule has 22 heavy (non-hydrogen) atoms. The van der Waals surface area contributed by atoms with Crippen LogP contribution in [-0.4, -0.2) is 59.4 Å². The van der Waals surface area contributed by atoms with Crippen molar-refractivity contribution in [2.75, 3.05) is 18.1 Å². The molecule has 0 aliphatic carbocycles. The van der Waals surface area contributed by atoms with Crippen LogP contribution in [0.4, 0.5) is 16.2 Å². The normalized spacial score (nSPS) is 35.3. The zero-order valence-electron chi connectivity index (χ0n) is 11.5. The molecule has 0 bridgehead atoms. The van der Waals surface area contributed by atoms with Gasteiger partial charge in [-0.2, -0.15) is 4.98 Å². The number of alkyl halides is 1. The fraction of sp³-hybridized carbons (Fsp3) is 0.545. The standard InChI is InChI=1S/C11H15FN6O4/c1-10(3-19)6(20)5(12)11(21,22-10)4-2-15-8-7(13)16-9(14)17-18(4)8/h2,5-6,19-21H,3H2,1H3,(H4,13,14,16,17)/t5-,6+,10-,11+/m1/s1. The summed E-state index contributed by atoms with van der Waals surface area (Å²) < 4.78 is 20.7. The predicted octanol–water partition coefficient (Wildman–Crippen LogP) is -2.09. The summed E-state index contributed by atoms with van der Waals surface area (Å²) in [5, 5.41) is 33.6. The summed E-state index contributed by atoms with van der Waals surface area (Å²) in [6.07, 6.45) is -2.92. The molecule has 1 fully saturated rings. The molecule has 1 aliphatic rings. The van der Waals surface area contributed by atoms with Crippen LogP contribution in [0.1, 0.15) is 12.6 Å². The molecule has 10 nitrogen and oxygen atoms in total. The number of aliphatic hydroxyl groups is 3. The minimum atomic E-state index is -2.58. The van der Waals surface area contributed by atoms with Crippen LogP contribution in [0.5, 0.6) is 0 Å². The third-order valence-corrected chi connectivity index (χ3v) is 3.75. The van der Waals surface area contributed by atoms with Crippen LogP contribution in [0.2, 0.25) is 0 Å². The van der Waals surface area contributed by atoms with Gasteiger partial charge in [0.15, 0.2) is 17.6 Å². The van der Waals surface area contributed by atoms with Gasteiger partial charge in [-0.3, -0.25) is 0 Å². The number of halogens is 1. The first-order chi connectivity index (χ1) is 10.2. The van der Waals surface area contributed by atoms with E-state index in [0.717, 1.165) is 10.7 Å². The van der Waals surface area contributed by atoms with Crippen LogP contribution < -0.4 is 11.5 Å². The van der Waals surface area contributed by atoms with Crippen molar-refractivity contribution in [3.05, 3.63) is 11.9 Å². The van der Waals surface area contributed by atoms with E-state index >= 15 is 0 Å². The summed E-state index contributed by atoms with van der Waals surface area (Å²) in [4.78, 5) is 7.59. The Labute approximate surface area is 123 Å². The van der Waals surface area contributed by atoms with Gasteiger partial charge in [0, 0.05) is 0 Å². The molecule has 3 heterocycles. The zero-order valence-corrected chi connectivity index (χ0v) is 11.5. The minimum Gasteiger partial charge on any atom is -0.393 e. The van der Waals surface area contributed by atoms with Gasteiger partial charge in [0.05, 0.1) is 12.8 Å². The number of hydrogen-bond acceptors (Lipinski definition) is 9. The van der Waals surface area contributed by atoms with Crippen LogP contribution in [0.3, 0.4) is 0 Å². The SMILES string of the molecule is C[C@]1(CO)O[C@@](O)(c2cnc3c(N)nc(N)nn23)[C@H](F)[C@@H]1O. The number of nitrogens with two attached hydrogens (primary N) is 2. The number of rotatable bonds is 2. The van der Waals surface area contributed by atoms with Gasteiger partial charge in [0.2, 0.25) is 11.7 Å². The van der Waals surface area contributed by atoms with Crippen LogP contribution in [-0.2, 0) is 10.5 Å². The Morgan fingerprint density at radius 2 is 2.18 bits per heavy atom. The first kappa shape index (κ1) is 14.8. The van der Waals surface area contributed by atoms with Crippen molar-refractivity contribution in [2.24, 2.45) is 0 Å². The lowest BCUT2D eigenvalue weighted by molar-refractivity contribution is -0.254. The number of aromatic nitrogens is 4. The van der Waals surface area contributed by atoms with E-state index in [9.17, 15) is 19.7 Å². The maximum Gasteiger partial charge on any atom is 0.247 e. The predicted molar refractivity (Wildman–Crippen MR) is 71.0 cm³/mol. The van der Waals surface area contributed by atoms with Gasteiger partial charge in [-0.1, -0.05) is 0 Å². The fourth-order valence-electron chi connectivity index (χ4n) is 2.48. The second kappa shape index (κ2) is 4.46. The number of anilines is 2. The molecule has 0 unspecified atom stereocenters. The summed E-state index contributed by atoms with van der Waals surface area (Å²) in [5.74, 6) is -2.86. The number of aliphatic hydroxyl groups excluding tert-OH is 2. The van der Waals surface area contributed by atoms with E-state index in [0.29, 0.717) is 0 Å². The van der Waals surface area contributed by atoms with Crippen molar-refractivity contribution in [3.8, 4) is 0 Å². The summed E-state index contributed by atoms with van der Waals surface area (Å²) in [6, 6.07) is 0. The molecular weight excluding hydrogens is 299 g/mol. The molecule has 4 atom stereocenters. The molecule has 11 heteroatoms. The Morgan fingerprint density at radius 3 is 2.77 bits per heavy atom. The molecule has 1 saturated heterocycles. The number of hydrogen-bond donors (Lipinski definition) is 5. The minimum absolute atomic E-state index is 0.0421. The van der Waals surface area contributed by atoms with E-state index in [1.54, 1.807) is 0 Å². The number of ether oxygens (including phenoxy) is 1. The molecule has 0 saturated carbocycles. The quantitative estimate of drug-likeness (QED) is 0.418. The molecule has 7 N–H and O–H groups in total. The van der Waals surface area contributed by atoms with E-state index in [4.69, 9.17) is 16.2 Å². The van der Waals surface area contributed by atoms with Crippen molar-refractivity contribution in [1.29, 1.82) is 0 Å². The maximum absolute atomic E-state index is 14.5. The second-order valence-corrected chi connectivity index (χ2v) is 5.35. The van der Waals surface area contributed by atoms with E-state index in [1.165, 1.54) is 6.92 Å². The summed E-state index contributed by atoms with van der Waals surface area (Å²) >= 11 is 0. The Balaban J connectivity index is 2.19. The first-order valence-electron chi connectivity index (χ1n) is 6.35. The summed E-state index contributed by atoms with van der Waals surface area (Å²) in [6.45, 7) is 0.566. The van der Waals surface area contributed by atoms with E-state index in [-0.39, 0.29) is 23.1 Å². The highest BCUT2D eigenvalue weighted by atomic mass is 19.1. The van der Waals surface area contributed by atoms with Gasteiger partial charge in [-0.25, -0.2) is 13.9 Å². The van der Waals surface area contributed by atoms with Crippen LogP contribution >= 0.6 is 0 Å². The van der Waals surface area contributed by atoms with Gasteiger partial charge >= 0.3 is 0 Å². The van der Waals surface area contributed by atoms with Gasteiger partial charge in [0.25, 0.3) is 0 Å². The summed E-state index contributed by atoms with van der Waals surface area (Å²) in [7, 11) is 0. The number of nitrogen functional groups attached to an aromatic ring is 2. The third kappa shape index (κ3) is 1.76. The number of nitrogens with zero attached hydrogens (tertiary/aromatic N) is 4. The molecule has 2 aromatic heterocycles. The third-order valence-electron chi connectivity index (χ3n) is 3.75. The van der Waals surface area contributed by atoms with Crippen LogP contribution in [0, 0.1) is 0 Å². The molecule has 0 spiro atoms. The molecule has 0 aromatic carbocycles. The maximum atomic E-state index is 14.5. The number of fused-ring (bicyclic) bond motifs is 1. The van der Waals surface area contributed by atoms with Gasteiger partial charge in [-0.15, -0.1) is 5.10 Å². The average Bonchev–Trinajstić information content (AvgIpc) is 2.95. The largest absolute Gasteiger partial charge is 0.393 e. The second-order valence-electron chi connectivity index (χ2n) is 5.35. The first-order valence-corrected chi connectivity index (χ1v) is 6.35. The van der Waals surface area contributed by atoms with Crippen molar-refractivity contribution >= 4 is 17.4 Å². The van der Waals surface area contributed by atoms with Crippen LogP contribution in [0.25, 0.3) is 5.65 Å². The average molecular weight is 314 g/mol. The van der Waals surface area contributed by atoms with Gasteiger partial charge in [0.1, 0.15) is 17.4 Å². The summed E-state index contributed by atoms with van der Waals surface area (Å²) in [5.41, 5.74) is 9.23. The molecule has 3 rings (SSSR count). The lowest BCUT2D eigenvalue weighted by Gasteiger charge is -2.27. The Hall–Kier alpha value is -2.08. The number of imidazole rings is 1. The van der Waals surface area contributed by atoms with Crippen molar-refractivity contribution in [2.45, 2.75) is 30.6 Å². The van der Waals surface area contributed by atoms with E-state index in [2.05, 4.69) is 15.1 Å². The Morgan fingerprint density at radius 1 is 1.50 bits per heavy atom. The van der Waals surface area contributed by atoms with Gasteiger partial charge in [-0.05, 0) is 6.92 Å². The molecule has 0 radical (unpaired) electrons. The van der Waals surface area contributed by atoms with Gasteiger partial charge < -0.3 is 31.5 Å². The van der Waals surface area contributed by atoms with Crippen molar-refractivity contribution in [3.63, 3.8) is 0 Å². The highest BCUT2D eigenvalue weighted by Gasteiger charge is 2.62. The molecular formula is C11H15FN6O4. The highest BCUT2D eigenvalue weighted by molar-refractivity contribution is 5.61. The van der Waals surface area contributed by atoms with E-state index < -0.39 is 30.3 Å². The molecule has 2 aromatic rings. The van der Waals surface area contributed by atoms with Crippen LogP contribution in [0.15, 0.2) is 6.20 Å². The zero-order chi connectivity index (χ0) is 16.3. The highest BCUT2D eigenvalue weighted by Crippen LogP contribution is 2.44. The topological polar surface area (TPSA) is 165 Å². The lowest BCUT2D eigenvalue weighted by Crippen LogP contribution is -2.42. The lowest BCUT2D eigenvalue weighted by atomic mass is 9.96. The molecule has 120 valence electrons. The van der Waals surface area contributed by atoms with Crippen molar-refractivity contribution < 1.29 is 24.4 Å². The molecule has 0 amide bonds. The van der Waals surface area contributed by atoms with Crippen molar-refractivity contribution in [1.82, 2.24) is 19.6 Å². The molecule has 1 aliphatic heterocycles. The fourth-order valence-corrected chi connectivity index (χ4v) is 2.48. The Bertz CT molecular complexity index is 741.